The Kier molecular flexibility index (Phi) is 12.0. The van der Waals surface area contributed by atoms with Gasteiger partial charge in [0.1, 0.15) is 0 Å². The van der Waals surface area contributed by atoms with Crippen molar-refractivity contribution in [3.63, 3.8) is 0 Å². The van der Waals surface area contributed by atoms with Crippen molar-refractivity contribution in [1.82, 2.24) is 24.1 Å². The lowest BCUT2D eigenvalue weighted by Gasteiger charge is -2.17. The van der Waals surface area contributed by atoms with Crippen molar-refractivity contribution < 1.29 is 0 Å². The maximum atomic E-state index is 6.22. The first kappa shape index (κ1) is 48.6. The van der Waals surface area contributed by atoms with Crippen LogP contribution in [0.25, 0.3) is 134 Å². The summed E-state index contributed by atoms with van der Waals surface area (Å²) in [5.41, 5.74) is 19.6. The fourth-order valence-electron chi connectivity index (χ4n) is 11.7. The Bertz CT molecular complexity index is 5010. The SMILES string of the molecule is C#Cc1cccc(-c2ccc(-c3cccc(-c4ccc5c(c4)c4cc(-c6ccc7c(c6)c6ccccc6n7-c6nc(-c7ccccc7)nc(-c7ccccc7)n6)ccc4n5-c4ccccc4)c3)cc2-c2cccc(C#C)c2C#C)c1C#C. The zero-order valence-electron chi connectivity index (χ0n) is 44.2. The van der Waals surface area contributed by atoms with Crippen LogP contribution in [0.15, 0.2) is 249 Å². The quantitative estimate of drug-likeness (QED) is 0.135. The Balaban J connectivity index is 0.899. The van der Waals surface area contributed by atoms with Crippen LogP contribution in [0.3, 0.4) is 0 Å². The third-order valence-electron chi connectivity index (χ3n) is 15.5. The number of fused-ring (bicyclic) bond motifs is 6. The standard InChI is InChI=1S/C77H45N5/c1-5-50-27-21-34-63(61(50)7-3)65-41-37-56(46-67(65)64-35-22-28-51(6-2)62(64)8-4)54-29-20-30-55(45-54)57-38-42-72-69(48-57)70-49-59(39-43-73(70)81(72)60-31-16-11-17-32-60)58-40-44-74-68(47-58)66-33-18-19-36-71(66)82(74)77-79-75(52-23-12-9-13-24-52)78-76(80-77)53-25-14-10-15-26-53/h1-4,9-49H. The summed E-state index contributed by atoms with van der Waals surface area (Å²) in [6, 6.07) is 86.3. The molecule has 11 aromatic carbocycles. The van der Waals surface area contributed by atoms with E-state index in [1.165, 1.54) is 0 Å². The van der Waals surface area contributed by atoms with Crippen LogP contribution in [-0.4, -0.2) is 24.1 Å². The van der Waals surface area contributed by atoms with Gasteiger partial charge in [-0.2, -0.15) is 9.97 Å². The topological polar surface area (TPSA) is 48.5 Å². The van der Waals surface area contributed by atoms with Crippen molar-refractivity contribution in [1.29, 1.82) is 0 Å². The van der Waals surface area contributed by atoms with Crippen LogP contribution in [0, 0.1) is 49.4 Å². The molecular weight excluding hydrogens is 995 g/mol. The molecule has 5 heteroatoms. The number of benzene rings is 11. The Hall–Kier alpha value is -11.7. The van der Waals surface area contributed by atoms with Gasteiger partial charge in [-0.15, -0.1) is 25.7 Å². The zero-order chi connectivity index (χ0) is 55.3. The molecule has 0 bridgehead atoms. The molecule has 0 aliphatic heterocycles. The predicted octanol–water partition coefficient (Wildman–Crippen LogP) is 17.7. The van der Waals surface area contributed by atoms with Crippen LogP contribution in [-0.2, 0) is 0 Å². The summed E-state index contributed by atoms with van der Waals surface area (Å²) in [7, 11) is 0. The van der Waals surface area contributed by atoms with Crippen LogP contribution in [0.5, 0.6) is 0 Å². The number of terminal acetylenes is 4. The van der Waals surface area contributed by atoms with Gasteiger partial charge in [0.05, 0.1) is 22.1 Å². The van der Waals surface area contributed by atoms with Gasteiger partial charge in [0, 0.05) is 60.6 Å². The molecule has 378 valence electrons. The van der Waals surface area contributed by atoms with E-state index in [4.69, 9.17) is 40.6 Å². The highest BCUT2D eigenvalue weighted by Crippen LogP contribution is 2.43. The van der Waals surface area contributed by atoms with Crippen molar-refractivity contribution in [2.45, 2.75) is 0 Å². The normalized spacial score (nSPS) is 11.1. The van der Waals surface area contributed by atoms with Gasteiger partial charge in [-0.1, -0.05) is 194 Å². The monoisotopic (exact) mass is 1040 g/mol. The number of nitrogens with zero attached hydrogens (tertiary/aromatic N) is 5. The molecule has 14 aromatic rings. The van der Waals surface area contributed by atoms with E-state index in [2.05, 4.69) is 184 Å². The van der Waals surface area contributed by atoms with E-state index >= 15 is 0 Å². The van der Waals surface area contributed by atoms with Gasteiger partial charge in [-0.05, 0) is 134 Å². The van der Waals surface area contributed by atoms with E-state index in [-0.39, 0.29) is 0 Å². The Labute approximate surface area is 475 Å². The molecule has 0 saturated heterocycles. The van der Waals surface area contributed by atoms with E-state index in [1.807, 2.05) is 97.1 Å². The summed E-state index contributed by atoms with van der Waals surface area (Å²) < 4.78 is 4.53. The van der Waals surface area contributed by atoms with Crippen LogP contribution in [0.4, 0.5) is 0 Å². The fourth-order valence-corrected chi connectivity index (χ4v) is 11.7. The zero-order valence-corrected chi connectivity index (χ0v) is 44.2. The highest BCUT2D eigenvalue weighted by Gasteiger charge is 2.22. The van der Waals surface area contributed by atoms with E-state index in [9.17, 15) is 0 Å². The molecule has 0 unspecified atom stereocenters. The lowest BCUT2D eigenvalue weighted by Crippen LogP contribution is -2.06. The molecule has 3 heterocycles. The molecule has 0 aliphatic carbocycles. The second-order valence-corrected chi connectivity index (χ2v) is 20.1. The first-order chi connectivity index (χ1) is 40.5. The summed E-state index contributed by atoms with van der Waals surface area (Å²) >= 11 is 0. The minimum atomic E-state index is 0.553. The molecule has 0 spiro atoms. The van der Waals surface area contributed by atoms with Crippen molar-refractivity contribution in [3.05, 3.63) is 271 Å². The van der Waals surface area contributed by atoms with Gasteiger partial charge in [0.25, 0.3) is 0 Å². The summed E-state index contributed by atoms with van der Waals surface area (Å²) in [6.07, 6.45) is 24.3. The minimum Gasteiger partial charge on any atom is -0.309 e. The number of aromatic nitrogens is 5. The molecule has 0 amide bonds. The highest BCUT2D eigenvalue weighted by molar-refractivity contribution is 6.13. The molecule has 0 saturated carbocycles. The molecule has 3 aromatic heterocycles. The molecule has 0 fully saturated rings. The van der Waals surface area contributed by atoms with Crippen LogP contribution >= 0.6 is 0 Å². The van der Waals surface area contributed by atoms with Gasteiger partial charge in [0.15, 0.2) is 11.6 Å². The number of para-hydroxylation sites is 2. The molecule has 0 aliphatic rings. The van der Waals surface area contributed by atoms with Gasteiger partial charge >= 0.3 is 0 Å². The van der Waals surface area contributed by atoms with E-state index in [0.717, 1.165) is 116 Å². The average molecular weight is 1040 g/mol. The largest absolute Gasteiger partial charge is 0.309 e. The molecule has 14 rings (SSSR count). The van der Waals surface area contributed by atoms with Gasteiger partial charge in [-0.3, -0.25) is 4.57 Å². The molecule has 0 atom stereocenters. The fraction of sp³-hybridized carbons (Fsp3) is 0. The predicted molar refractivity (Wildman–Crippen MR) is 338 cm³/mol. The van der Waals surface area contributed by atoms with E-state index in [1.54, 1.807) is 0 Å². The smallest absolute Gasteiger partial charge is 0.238 e. The van der Waals surface area contributed by atoms with Crippen LogP contribution < -0.4 is 0 Å². The van der Waals surface area contributed by atoms with Crippen molar-refractivity contribution in [2.75, 3.05) is 0 Å². The van der Waals surface area contributed by atoms with E-state index < -0.39 is 0 Å². The molecular formula is C77H45N5. The van der Waals surface area contributed by atoms with Gasteiger partial charge in [0.2, 0.25) is 5.95 Å². The van der Waals surface area contributed by atoms with Crippen LogP contribution in [0.2, 0.25) is 0 Å². The average Bonchev–Trinajstić information content (AvgIpc) is 3.77. The third-order valence-corrected chi connectivity index (χ3v) is 15.5. The molecule has 0 N–H and O–H groups in total. The van der Waals surface area contributed by atoms with Crippen molar-refractivity contribution >= 4 is 43.6 Å². The lowest BCUT2D eigenvalue weighted by molar-refractivity contribution is 0.953. The second kappa shape index (κ2) is 20.2. The molecule has 5 nitrogen and oxygen atoms in total. The van der Waals surface area contributed by atoms with Crippen molar-refractivity contribution in [2.24, 2.45) is 0 Å². The molecule has 82 heavy (non-hydrogen) atoms. The third kappa shape index (κ3) is 8.27. The Morgan fingerprint density at radius 1 is 0.268 bits per heavy atom. The maximum Gasteiger partial charge on any atom is 0.238 e. The number of hydrogen-bond donors (Lipinski definition) is 0. The summed E-state index contributed by atoms with van der Waals surface area (Å²) in [5, 5.41) is 4.48. The number of hydrogen-bond acceptors (Lipinski definition) is 3. The maximum absolute atomic E-state index is 6.22. The Morgan fingerprint density at radius 2 is 0.683 bits per heavy atom. The first-order valence-corrected chi connectivity index (χ1v) is 26.9. The summed E-state index contributed by atoms with van der Waals surface area (Å²) in [5.74, 6) is 13.1. The second-order valence-electron chi connectivity index (χ2n) is 20.1. The summed E-state index contributed by atoms with van der Waals surface area (Å²) in [4.78, 5) is 15.3. The van der Waals surface area contributed by atoms with Crippen molar-refractivity contribution in [3.8, 4) is 139 Å². The summed E-state index contributed by atoms with van der Waals surface area (Å²) in [6.45, 7) is 0. The minimum absolute atomic E-state index is 0.553. The first-order valence-electron chi connectivity index (χ1n) is 26.9. The van der Waals surface area contributed by atoms with Gasteiger partial charge in [-0.25, -0.2) is 4.98 Å². The Morgan fingerprint density at radius 3 is 1.22 bits per heavy atom. The lowest BCUT2D eigenvalue weighted by atomic mass is 9.85. The van der Waals surface area contributed by atoms with E-state index in [0.29, 0.717) is 39.9 Å². The number of rotatable bonds is 9. The van der Waals surface area contributed by atoms with Gasteiger partial charge < -0.3 is 4.57 Å². The molecule has 0 radical (unpaired) electrons. The van der Waals surface area contributed by atoms with Crippen LogP contribution in [0.1, 0.15) is 22.3 Å². The highest BCUT2D eigenvalue weighted by atomic mass is 15.2.